The van der Waals surface area contributed by atoms with Crippen molar-refractivity contribution in [3.05, 3.63) is 23.8 Å². The lowest BCUT2D eigenvalue weighted by atomic mass is 9.84. The Labute approximate surface area is 145 Å². The van der Waals surface area contributed by atoms with Crippen LogP contribution in [0.3, 0.4) is 0 Å². The van der Waals surface area contributed by atoms with Crippen LogP contribution < -0.4 is 20.1 Å². The molecule has 1 unspecified atom stereocenters. The molecule has 1 aromatic carbocycles. The maximum absolute atomic E-state index is 12.1. The second-order valence-corrected chi connectivity index (χ2v) is 7.13. The van der Waals surface area contributed by atoms with Gasteiger partial charge in [0.2, 0.25) is 5.91 Å². The zero-order valence-electron chi connectivity index (χ0n) is 15.3. The molecule has 1 heterocycles. The molecule has 0 radical (unpaired) electrons. The van der Waals surface area contributed by atoms with Crippen LogP contribution in [-0.4, -0.2) is 39.8 Å². The van der Waals surface area contributed by atoms with Gasteiger partial charge in [0.15, 0.2) is 11.5 Å². The predicted octanol–water partition coefficient (Wildman–Crippen LogP) is 2.49. The van der Waals surface area contributed by atoms with Crippen LogP contribution in [0.15, 0.2) is 18.2 Å². The van der Waals surface area contributed by atoms with Crippen molar-refractivity contribution in [3.63, 3.8) is 0 Å². The largest absolute Gasteiger partial charge is 0.493 e. The summed E-state index contributed by atoms with van der Waals surface area (Å²) in [5.41, 5.74) is 0.935. The highest BCUT2D eigenvalue weighted by atomic mass is 16.5. The highest BCUT2D eigenvalue weighted by Crippen LogP contribution is 2.32. The van der Waals surface area contributed by atoms with E-state index < -0.39 is 0 Å². The Balaban J connectivity index is 1.88. The molecule has 0 aliphatic carbocycles. The van der Waals surface area contributed by atoms with E-state index in [-0.39, 0.29) is 11.3 Å². The van der Waals surface area contributed by atoms with Crippen molar-refractivity contribution in [1.29, 1.82) is 0 Å². The van der Waals surface area contributed by atoms with Crippen LogP contribution >= 0.6 is 0 Å². The Morgan fingerprint density at radius 3 is 2.67 bits per heavy atom. The molecule has 0 saturated carbocycles. The standard InChI is InChI=1S/C19H30N2O3/c1-19(2,15-6-7-16(23-3)17(11-15)24-4)13-21-18(22)8-5-14-9-10-20-12-14/h6-7,11,14,20H,5,8-10,12-13H2,1-4H3,(H,21,22). The lowest BCUT2D eigenvalue weighted by Crippen LogP contribution is -2.36. The molecule has 2 N–H and O–H groups in total. The molecule has 24 heavy (non-hydrogen) atoms. The molecular weight excluding hydrogens is 304 g/mol. The summed E-state index contributed by atoms with van der Waals surface area (Å²) in [5.74, 6) is 2.21. The minimum atomic E-state index is -0.176. The molecule has 2 rings (SSSR count). The summed E-state index contributed by atoms with van der Waals surface area (Å²) >= 11 is 0. The molecule has 0 bridgehead atoms. The van der Waals surface area contributed by atoms with Crippen LogP contribution in [-0.2, 0) is 10.2 Å². The lowest BCUT2D eigenvalue weighted by Gasteiger charge is -2.26. The molecule has 134 valence electrons. The van der Waals surface area contributed by atoms with Crippen molar-refractivity contribution in [1.82, 2.24) is 10.6 Å². The van der Waals surface area contributed by atoms with Crippen LogP contribution in [0.2, 0.25) is 0 Å². The predicted molar refractivity (Wildman–Crippen MR) is 95.8 cm³/mol. The van der Waals surface area contributed by atoms with Gasteiger partial charge in [-0.05, 0) is 49.5 Å². The number of carbonyl (C=O) groups excluding carboxylic acids is 1. The SMILES string of the molecule is COc1ccc(C(C)(C)CNC(=O)CCC2CCNC2)cc1OC. The second kappa shape index (κ2) is 8.38. The van der Waals surface area contributed by atoms with Crippen molar-refractivity contribution in [2.24, 2.45) is 5.92 Å². The average molecular weight is 334 g/mol. The summed E-state index contributed by atoms with van der Waals surface area (Å²) < 4.78 is 10.7. The van der Waals surface area contributed by atoms with E-state index in [1.54, 1.807) is 14.2 Å². The van der Waals surface area contributed by atoms with Gasteiger partial charge in [-0.3, -0.25) is 4.79 Å². The fraction of sp³-hybridized carbons (Fsp3) is 0.632. The molecule has 1 aromatic rings. The van der Waals surface area contributed by atoms with Gasteiger partial charge in [-0.2, -0.15) is 0 Å². The molecule has 0 aromatic heterocycles. The van der Waals surface area contributed by atoms with Crippen molar-refractivity contribution >= 4 is 5.91 Å². The fourth-order valence-corrected chi connectivity index (χ4v) is 3.06. The molecule has 1 aliphatic heterocycles. The second-order valence-electron chi connectivity index (χ2n) is 7.13. The Morgan fingerprint density at radius 2 is 2.04 bits per heavy atom. The van der Waals surface area contributed by atoms with Crippen molar-refractivity contribution in [2.45, 2.75) is 38.5 Å². The van der Waals surface area contributed by atoms with E-state index in [2.05, 4.69) is 24.5 Å². The maximum Gasteiger partial charge on any atom is 0.220 e. The molecule has 1 aliphatic rings. The lowest BCUT2D eigenvalue weighted by molar-refractivity contribution is -0.121. The van der Waals surface area contributed by atoms with Gasteiger partial charge in [0.05, 0.1) is 14.2 Å². The van der Waals surface area contributed by atoms with E-state index in [0.29, 0.717) is 30.4 Å². The Bertz CT molecular complexity index is 552. The molecule has 5 heteroatoms. The highest BCUT2D eigenvalue weighted by molar-refractivity contribution is 5.76. The van der Waals surface area contributed by atoms with Crippen molar-refractivity contribution < 1.29 is 14.3 Å². The Hall–Kier alpha value is -1.75. The van der Waals surface area contributed by atoms with Crippen LogP contribution in [0, 0.1) is 5.92 Å². The zero-order valence-corrected chi connectivity index (χ0v) is 15.3. The third kappa shape index (κ3) is 4.87. The normalized spacial score (nSPS) is 17.6. The first-order chi connectivity index (χ1) is 11.5. The summed E-state index contributed by atoms with van der Waals surface area (Å²) in [5, 5.41) is 6.42. The monoisotopic (exact) mass is 334 g/mol. The van der Waals surface area contributed by atoms with E-state index >= 15 is 0 Å². The number of carbonyl (C=O) groups is 1. The third-order valence-corrected chi connectivity index (χ3v) is 4.83. The minimum absolute atomic E-state index is 0.135. The first-order valence-electron chi connectivity index (χ1n) is 8.66. The molecule has 0 spiro atoms. The van der Waals surface area contributed by atoms with Crippen LogP contribution in [0.25, 0.3) is 0 Å². The van der Waals surface area contributed by atoms with Crippen LogP contribution in [0.4, 0.5) is 0 Å². The van der Waals surface area contributed by atoms with Gasteiger partial charge < -0.3 is 20.1 Å². The van der Waals surface area contributed by atoms with E-state index in [1.165, 1.54) is 6.42 Å². The van der Waals surface area contributed by atoms with E-state index in [0.717, 1.165) is 25.1 Å². The number of methoxy groups -OCH3 is 2. The topological polar surface area (TPSA) is 59.6 Å². The summed E-state index contributed by atoms with van der Waals surface area (Å²) in [6, 6.07) is 5.91. The van der Waals surface area contributed by atoms with E-state index in [4.69, 9.17) is 9.47 Å². The minimum Gasteiger partial charge on any atom is -0.493 e. The maximum atomic E-state index is 12.1. The molecule has 1 amide bonds. The zero-order chi connectivity index (χ0) is 17.6. The van der Waals surface area contributed by atoms with Crippen molar-refractivity contribution in [3.8, 4) is 11.5 Å². The van der Waals surface area contributed by atoms with Gasteiger partial charge in [0.1, 0.15) is 0 Å². The van der Waals surface area contributed by atoms with Gasteiger partial charge in [0, 0.05) is 18.4 Å². The van der Waals surface area contributed by atoms with E-state index in [9.17, 15) is 4.79 Å². The number of benzene rings is 1. The molecule has 1 atom stereocenters. The Morgan fingerprint density at radius 1 is 1.29 bits per heavy atom. The van der Waals surface area contributed by atoms with Gasteiger partial charge in [0.25, 0.3) is 0 Å². The highest BCUT2D eigenvalue weighted by Gasteiger charge is 2.23. The van der Waals surface area contributed by atoms with Crippen LogP contribution in [0.1, 0.15) is 38.7 Å². The van der Waals surface area contributed by atoms with E-state index in [1.807, 2.05) is 18.2 Å². The first kappa shape index (κ1) is 18.6. The summed E-state index contributed by atoms with van der Waals surface area (Å²) in [7, 11) is 3.26. The molecule has 1 fully saturated rings. The quantitative estimate of drug-likeness (QED) is 0.767. The average Bonchev–Trinajstić information content (AvgIpc) is 3.11. The van der Waals surface area contributed by atoms with Gasteiger partial charge in [-0.1, -0.05) is 19.9 Å². The molecule has 5 nitrogen and oxygen atoms in total. The first-order valence-corrected chi connectivity index (χ1v) is 8.66. The van der Waals surface area contributed by atoms with Gasteiger partial charge >= 0.3 is 0 Å². The third-order valence-electron chi connectivity index (χ3n) is 4.83. The molecular formula is C19H30N2O3. The van der Waals surface area contributed by atoms with Crippen LogP contribution in [0.5, 0.6) is 11.5 Å². The number of rotatable bonds is 8. The number of amides is 1. The number of nitrogens with one attached hydrogen (secondary N) is 2. The fourth-order valence-electron chi connectivity index (χ4n) is 3.06. The van der Waals surface area contributed by atoms with Gasteiger partial charge in [-0.25, -0.2) is 0 Å². The smallest absolute Gasteiger partial charge is 0.220 e. The van der Waals surface area contributed by atoms with Crippen molar-refractivity contribution in [2.75, 3.05) is 33.9 Å². The number of ether oxygens (including phenoxy) is 2. The number of hydrogen-bond acceptors (Lipinski definition) is 4. The number of hydrogen-bond donors (Lipinski definition) is 2. The summed E-state index contributed by atoms with van der Waals surface area (Å²) in [6.45, 7) is 6.97. The molecule has 1 saturated heterocycles. The van der Waals surface area contributed by atoms with Gasteiger partial charge in [-0.15, -0.1) is 0 Å². The summed E-state index contributed by atoms with van der Waals surface area (Å²) in [4.78, 5) is 12.1. The Kier molecular flexibility index (Phi) is 6.49. The summed E-state index contributed by atoms with van der Waals surface area (Å²) in [6.07, 6.45) is 2.76.